The molecule has 3 aliphatic rings. The highest BCUT2D eigenvalue weighted by Crippen LogP contribution is 2.55. The van der Waals surface area contributed by atoms with E-state index in [4.69, 9.17) is 0 Å². The number of carboxylic acid groups (broad SMARTS) is 2. The van der Waals surface area contributed by atoms with Crippen molar-refractivity contribution in [1.29, 1.82) is 0 Å². The summed E-state index contributed by atoms with van der Waals surface area (Å²) < 4.78 is 0. The van der Waals surface area contributed by atoms with Gasteiger partial charge in [-0.1, -0.05) is 58.6 Å². The van der Waals surface area contributed by atoms with E-state index in [-0.39, 0.29) is 17.8 Å². The maximum absolute atomic E-state index is 12.2. The summed E-state index contributed by atoms with van der Waals surface area (Å²) >= 11 is 0. The van der Waals surface area contributed by atoms with Gasteiger partial charge < -0.3 is 10.2 Å². The van der Waals surface area contributed by atoms with Gasteiger partial charge >= 0.3 is 11.9 Å². The minimum atomic E-state index is -0.965. The summed E-state index contributed by atoms with van der Waals surface area (Å²) in [5.41, 5.74) is 0.454. The van der Waals surface area contributed by atoms with E-state index in [2.05, 4.69) is 26.8 Å². The second kappa shape index (κ2) is 6.89. The number of hydrogen-bond donors (Lipinski definition) is 2. The van der Waals surface area contributed by atoms with Crippen LogP contribution in [0.3, 0.4) is 0 Å². The number of carbonyl (C=O) groups is 2. The normalized spacial score (nSPS) is 43.6. The minimum Gasteiger partial charge on any atom is -0.481 e. The largest absolute Gasteiger partial charge is 0.481 e. The van der Waals surface area contributed by atoms with E-state index < -0.39 is 29.2 Å². The van der Waals surface area contributed by atoms with Gasteiger partial charge in [0.05, 0.1) is 11.8 Å². The van der Waals surface area contributed by atoms with Gasteiger partial charge in [-0.05, 0) is 37.0 Å². The first-order valence-electron chi connectivity index (χ1n) is 9.25. The van der Waals surface area contributed by atoms with E-state index in [1.807, 2.05) is 13.8 Å². The molecule has 3 rings (SSSR count). The van der Waals surface area contributed by atoms with E-state index in [9.17, 15) is 19.8 Å². The van der Waals surface area contributed by atoms with Gasteiger partial charge in [0.15, 0.2) is 0 Å². The van der Waals surface area contributed by atoms with Crippen molar-refractivity contribution in [1.82, 2.24) is 0 Å². The van der Waals surface area contributed by atoms with Crippen molar-refractivity contribution in [3.05, 3.63) is 11.6 Å². The second-order valence-corrected chi connectivity index (χ2v) is 8.54. The summed E-state index contributed by atoms with van der Waals surface area (Å²) in [6, 6.07) is 0. The fourth-order valence-electron chi connectivity index (χ4n) is 5.29. The number of aliphatic carboxylic acids is 2. The fourth-order valence-corrected chi connectivity index (χ4v) is 5.29. The summed E-state index contributed by atoms with van der Waals surface area (Å²) in [5, 5.41) is 19.9. The van der Waals surface area contributed by atoms with Crippen molar-refractivity contribution in [2.24, 2.45) is 40.9 Å². The first kappa shape index (κ1) is 19.0. The molecule has 4 nitrogen and oxygen atoms in total. The Bertz CT molecular complexity index is 538. The van der Waals surface area contributed by atoms with Gasteiger partial charge in [0, 0.05) is 5.41 Å². The molecule has 0 aromatic rings. The standard InChI is InChI=1S/C20H32O4/c1-11-7-6-8-12(2)15-10-14(4)20(5,13(3)9-11)17(19(23)24)16(15)18(21)22/h10-13,15-17H,6-9H2,1-5H3,(H,21,22)(H,23,24)/t11-,12+,13-,15+,16?,17?,20-/m0/s1. The highest BCUT2D eigenvalue weighted by molar-refractivity contribution is 5.82. The topological polar surface area (TPSA) is 74.6 Å². The van der Waals surface area contributed by atoms with Gasteiger partial charge in [-0.15, -0.1) is 0 Å². The Morgan fingerprint density at radius 3 is 2.29 bits per heavy atom. The van der Waals surface area contributed by atoms with Gasteiger partial charge in [-0.2, -0.15) is 0 Å². The monoisotopic (exact) mass is 336 g/mol. The van der Waals surface area contributed by atoms with E-state index in [1.54, 1.807) is 0 Å². The smallest absolute Gasteiger partial charge is 0.308 e. The predicted molar refractivity (Wildman–Crippen MR) is 93.6 cm³/mol. The van der Waals surface area contributed by atoms with Crippen LogP contribution in [-0.2, 0) is 9.59 Å². The van der Waals surface area contributed by atoms with Gasteiger partial charge in [0.1, 0.15) is 0 Å². The average molecular weight is 336 g/mol. The number of allylic oxidation sites excluding steroid dienone is 2. The highest BCUT2D eigenvalue weighted by Gasteiger charge is 2.56. The molecule has 0 aromatic carbocycles. The lowest BCUT2D eigenvalue weighted by molar-refractivity contribution is -0.164. The number of fused-ring (bicyclic) bond motifs is 7. The molecule has 7 atom stereocenters. The minimum absolute atomic E-state index is 0.140. The van der Waals surface area contributed by atoms with Crippen LogP contribution in [0.15, 0.2) is 11.6 Å². The highest BCUT2D eigenvalue weighted by atomic mass is 16.4. The molecule has 2 bridgehead atoms. The zero-order valence-corrected chi connectivity index (χ0v) is 15.6. The lowest BCUT2D eigenvalue weighted by Gasteiger charge is -2.50. The third-order valence-electron chi connectivity index (χ3n) is 7.06. The SMILES string of the molecule is CC1=C[C@H]2C(C(=O)O)C(C(=O)O)[C@@]1(C)[C@@H](C)C[C@@H](C)CCC[C@H]2C. The lowest BCUT2D eigenvalue weighted by atomic mass is 9.52. The molecule has 1 fully saturated rings. The third-order valence-corrected chi connectivity index (χ3v) is 7.06. The summed E-state index contributed by atoms with van der Waals surface area (Å²) in [5.74, 6) is -2.98. The van der Waals surface area contributed by atoms with Gasteiger partial charge in [0.25, 0.3) is 0 Å². The molecule has 1 saturated carbocycles. The zero-order chi connectivity index (χ0) is 18.2. The molecule has 0 spiro atoms. The number of carboxylic acids is 2. The zero-order valence-electron chi connectivity index (χ0n) is 15.6. The van der Waals surface area contributed by atoms with Gasteiger partial charge in [0.2, 0.25) is 0 Å². The summed E-state index contributed by atoms with van der Waals surface area (Å²) in [6.45, 7) is 10.4. The van der Waals surface area contributed by atoms with Gasteiger partial charge in [-0.25, -0.2) is 0 Å². The lowest BCUT2D eigenvalue weighted by Crippen LogP contribution is -2.52. The molecule has 0 aromatic heterocycles. The van der Waals surface area contributed by atoms with E-state index in [0.717, 1.165) is 31.3 Å². The molecule has 136 valence electrons. The number of rotatable bonds is 2. The molecule has 2 unspecified atom stereocenters. The van der Waals surface area contributed by atoms with Crippen LogP contribution >= 0.6 is 0 Å². The molecule has 0 heterocycles. The first-order valence-corrected chi connectivity index (χ1v) is 9.25. The van der Waals surface area contributed by atoms with Gasteiger partial charge in [-0.3, -0.25) is 9.59 Å². The number of hydrogen-bond acceptors (Lipinski definition) is 2. The van der Waals surface area contributed by atoms with E-state index >= 15 is 0 Å². The third kappa shape index (κ3) is 3.12. The summed E-state index contributed by atoms with van der Waals surface area (Å²) in [4.78, 5) is 24.3. The Labute approximate surface area is 145 Å². The van der Waals surface area contributed by atoms with E-state index in [0.29, 0.717) is 5.92 Å². The van der Waals surface area contributed by atoms with Crippen molar-refractivity contribution in [2.75, 3.05) is 0 Å². The van der Waals surface area contributed by atoms with Crippen LogP contribution in [-0.4, -0.2) is 22.2 Å². The first-order chi connectivity index (χ1) is 11.1. The predicted octanol–water partition coefficient (Wildman–Crippen LogP) is 4.45. The van der Waals surface area contributed by atoms with Crippen LogP contribution in [0.2, 0.25) is 0 Å². The quantitative estimate of drug-likeness (QED) is 0.730. The summed E-state index contributed by atoms with van der Waals surface area (Å²) in [7, 11) is 0. The van der Waals surface area contributed by atoms with Crippen LogP contribution < -0.4 is 0 Å². The van der Waals surface area contributed by atoms with Crippen molar-refractivity contribution in [2.45, 2.75) is 60.3 Å². The Morgan fingerprint density at radius 1 is 1.12 bits per heavy atom. The molecule has 0 aliphatic heterocycles. The molecule has 24 heavy (non-hydrogen) atoms. The second-order valence-electron chi connectivity index (χ2n) is 8.54. The van der Waals surface area contributed by atoms with Crippen LogP contribution in [0.1, 0.15) is 60.3 Å². The molecule has 3 aliphatic carbocycles. The molecule has 4 heteroatoms. The fraction of sp³-hybridized carbons (Fsp3) is 0.800. The molecular formula is C20H32O4. The van der Waals surface area contributed by atoms with E-state index in [1.165, 1.54) is 0 Å². The molecule has 0 amide bonds. The van der Waals surface area contributed by atoms with Crippen molar-refractivity contribution < 1.29 is 19.8 Å². The van der Waals surface area contributed by atoms with Crippen LogP contribution in [0.5, 0.6) is 0 Å². The molecule has 0 radical (unpaired) electrons. The van der Waals surface area contributed by atoms with Crippen molar-refractivity contribution >= 4 is 11.9 Å². The van der Waals surface area contributed by atoms with Crippen LogP contribution in [0, 0.1) is 40.9 Å². The Balaban J connectivity index is 2.65. The molecule has 2 N–H and O–H groups in total. The Hall–Kier alpha value is -1.32. The maximum Gasteiger partial charge on any atom is 0.308 e. The molecule has 0 saturated heterocycles. The molecular weight excluding hydrogens is 304 g/mol. The van der Waals surface area contributed by atoms with Crippen LogP contribution in [0.4, 0.5) is 0 Å². The maximum atomic E-state index is 12.2. The Morgan fingerprint density at radius 2 is 1.75 bits per heavy atom. The summed E-state index contributed by atoms with van der Waals surface area (Å²) in [6.07, 6.45) is 6.21. The van der Waals surface area contributed by atoms with Crippen molar-refractivity contribution in [3.63, 3.8) is 0 Å². The van der Waals surface area contributed by atoms with Crippen LogP contribution in [0.25, 0.3) is 0 Å². The van der Waals surface area contributed by atoms with Crippen molar-refractivity contribution in [3.8, 4) is 0 Å². The Kier molecular flexibility index (Phi) is 5.46. The average Bonchev–Trinajstić information content (AvgIpc) is 2.49.